The Balaban J connectivity index is 1.44. The molecule has 1 saturated heterocycles. The van der Waals surface area contributed by atoms with Crippen LogP contribution in [0, 0.1) is 11.3 Å². The van der Waals surface area contributed by atoms with Gasteiger partial charge in [-0.05, 0) is 68.4 Å². The van der Waals surface area contributed by atoms with Crippen LogP contribution in [0.4, 0.5) is 4.79 Å². The van der Waals surface area contributed by atoms with Crippen LogP contribution in [0.25, 0.3) is 6.08 Å². The second kappa shape index (κ2) is 13.8. The van der Waals surface area contributed by atoms with Gasteiger partial charge in [0.1, 0.15) is 23.7 Å². The Morgan fingerprint density at radius 1 is 1.17 bits per heavy atom. The molecule has 0 spiro atoms. The van der Waals surface area contributed by atoms with Gasteiger partial charge in [0.25, 0.3) is 5.91 Å². The zero-order chi connectivity index (χ0) is 34.0. The Labute approximate surface area is 276 Å². The first kappa shape index (κ1) is 34.6. The van der Waals surface area contributed by atoms with E-state index in [1.807, 2.05) is 45.9 Å². The molecule has 0 radical (unpaired) electrons. The van der Waals surface area contributed by atoms with Crippen molar-refractivity contribution in [3.05, 3.63) is 30.0 Å². The summed E-state index contributed by atoms with van der Waals surface area (Å²) in [5, 5.41) is 4.98. The summed E-state index contributed by atoms with van der Waals surface area (Å²) in [5.41, 5.74) is -1.39. The van der Waals surface area contributed by atoms with Gasteiger partial charge >= 0.3 is 6.09 Å². The topological polar surface area (TPSA) is 173 Å². The molecule has 2 saturated carbocycles. The minimum atomic E-state index is -3.84. The van der Waals surface area contributed by atoms with Crippen molar-refractivity contribution in [1.29, 1.82) is 0 Å². The highest BCUT2D eigenvalue weighted by atomic mass is 32.2. The van der Waals surface area contributed by atoms with Crippen LogP contribution in [0.5, 0.6) is 5.88 Å². The van der Waals surface area contributed by atoms with E-state index in [0.29, 0.717) is 31.6 Å². The molecule has 1 aromatic rings. The van der Waals surface area contributed by atoms with E-state index in [-0.39, 0.29) is 31.9 Å². The molecule has 47 heavy (non-hydrogen) atoms. The van der Waals surface area contributed by atoms with E-state index in [0.717, 1.165) is 24.8 Å². The molecule has 0 unspecified atom stereocenters. The third kappa shape index (κ3) is 8.07. The van der Waals surface area contributed by atoms with Crippen LogP contribution < -0.4 is 20.1 Å². The van der Waals surface area contributed by atoms with E-state index in [9.17, 15) is 27.6 Å². The minimum Gasteiger partial charge on any atom is -0.472 e. The van der Waals surface area contributed by atoms with Crippen molar-refractivity contribution in [2.75, 3.05) is 13.2 Å². The van der Waals surface area contributed by atoms with Crippen molar-refractivity contribution in [1.82, 2.24) is 25.2 Å². The van der Waals surface area contributed by atoms with Crippen molar-refractivity contribution in [3.63, 3.8) is 0 Å². The van der Waals surface area contributed by atoms with Gasteiger partial charge in [-0.2, -0.15) is 0 Å². The Bertz CT molecular complexity index is 1500. The van der Waals surface area contributed by atoms with Gasteiger partial charge < -0.3 is 25.0 Å². The molecule has 3 fully saturated rings. The van der Waals surface area contributed by atoms with Gasteiger partial charge in [0, 0.05) is 18.2 Å². The summed E-state index contributed by atoms with van der Waals surface area (Å²) in [5.74, 6) is -1.75. The largest absolute Gasteiger partial charge is 0.472 e. The number of aromatic nitrogens is 1. The van der Waals surface area contributed by atoms with Crippen molar-refractivity contribution in [2.24, 2.45) is 11.3 Å². The number of sulfonamides is 1. The first-order valence-electron chi connectivity index (χ1n) is 16.6. The summed E-state index contributed by atoms with van der Waals surface area (Å²) in [6, 6.07) is 1.58. The standard InChI is InChI=1S/C33H47N5O8S/c1-5-22-19-33(22,30(41)37-47(43,44)24-14-15-24)36-27(39)25-18-23-20-38(25)29(40)26(32(2,3)4)35-31(42)45-17-10-8-6-7-9-12-21-13-11-16-34-28(21)46-23/h9,11-13,16,22-26H,5-8,10,14-15,17-20H2,1-4H3,(H,35,42)(H,36,39)(H,37,41)/b12-9-/t22-,23-,25+,26-,33-/m1/s1. The number of nitrogens with one attached hydrogen (secondary N) is 3. The van der Waals surface area contributed by atoms with Gasteiger partial charge in [-0.25, -0.2) is 18.2 Å². The lowest BCUT2D eigenvalue weighted by atomic mass is 9.85. The van der Waals surface area contributed by atoms with Crippen LogP contribution in [0.15, 0.2) is 24.4 Å². The predicted octanol–water partition coefficient (Wildman–Crippen LogP) is 3.05. The highest BCUT2D eigenvalue weighted by Gasteiger charge is 2.62. The molecule has 5 atom stereocenters. The fourth-order valence-electron chi connectivity index (χ4n) is 6.35. The Hall–Kier alpha value is -3.68. The Kier molecular flexibility index (Phi) is 10.2. The maximum Gasteiger partial charge on any atom is 0.407 e. The summed E-state index contributed by atoms with van der Waals surface area (Å²) < 4.78 is 39.2. The summed E-state index contributed by atoms with van der Waals surface area (Å²) in [7, 11) is -3.84. The molecule has 2 aliphatic carbocycles. The molecular formula is C33H47N5O8S. The second-order valence-corrected chi connectivity index (χ2v) is 16.1. The number of hydrogen-bond donors (Lipinski definition) is 3. The molecule has 14 heteroatoms. The molecule has 4 aliphatic rings. The number of fused-ring (bicyclic) bond motifs is 3. The van der Waals surface area contributed by atoms with Crippen LogP contribution in [-0.4, -0.2) is 84.2 Å². The third-order valence-corrected chi connectivity index (χ3v) is 11.2. The molecule has 2 aliphatic heterocycles. The van der Waals surface area contributed by atoms with Crippen LogP contribution in [-0.2, 0) is 29.1 Å². The number of hydrogen-bond acceptors (Lipinski definition) is 9. The summed E-state index contributed by atoms with van der Waals surface area (Å²) in [4.78, 5) is 60.4. The molecule has 3 heterocycles. The van der Waals surface area contributed by atoms with Crippen LogP contribution in [0.2, 0.25) is 0 Å². The summed E-state index contributed by atoms with van der Waals surface area (Å²) in [6.07, 6.45) is 9.36. The van der Waals surface area contributed by atoms with Gasteiger partial charge in [-0.3, -0.25) is 19.1 Å². The third-order valence-electron chi connectivity index (χ3n) is 9.40. The van der Waals surface area contributed by atoms with E-state index >= 15 is 0 Å². The van der Waals surface area contributed by atoms with Gasteiger partial charge in [0.15, 0.2) is 0 Å². The Morgan fingerprint density at radius 3 is 2.62 bits per heavy atom. The zero-order valence-electron chi connectivity index (χ0n) is 27.6. The monoisotopic (exact) mass is 673 g/mol. The molecule has 258 valence electrons. The average molecular weight is 674 g/mol. The first-order chi connectivity index (χ1) is 22.2. The highest BCUT2D eigenvalue weighted by molar-refractivity contribution is 7.91. The SMILES string of the molecule is CC[C@@H]1C[C@]1(NC(=O)[C@@H]1C[C@@H]2CN1C(=O)[C@H](C(C)(C)C)NC(=O)OCCCCC/C=C\c1cccnc1O2)C(=O)NS(=O)(=O)C1CC1. The molecule has 13 nitrogen and oxygen atoms in total. The van der Waals surface area contributed by atoms with E-state index in [1.165, 1.54) is 4.90 Å². The molecular weight excluding hydrogens is 626 g/mol. The van der Waals surface area contributed by atoms with Gasteiger partial charge in [-0.15, -0.1) is 0 Å². The molecule has 3 N–H and O–H groups in total. The lowest BCUT2D eigenvalue weighted by molar-refractivity contribution is -0.143. The lowest BCUT2D eigenvalue weighted by Crippen LogP contribution is -2.60. The van der Waals surface area contributed by atoms with Gasteiger partial charge in [0.2, 0.25) is 27.7 Å². The number of rotatable bonds is 6. The molecule has 2 bridgehead atoms. The quantitative estimate of drug-likeness (QED) is 0.410. The van der Waals surface area contributed by atoms with Gasteiger partial charge in [-0.1, -0.05) is 46.3 Å². The number of amides is 4. The van der Waals surface area contributed by atoms with Gasteiger partial charge in [0.05, 0.1) is 18.4 Å². The summed E-state index contributed by atoms with van der Waals surface area (Å²) >= 11 is 0. The van der Waals surface area contributed by atoms with Crippen LogP contribution in [0.1, 0.15) is 91.0 Å². The van der Waals surface area contributed by atoms with E-state index in [4.69, 9.17) is 9.47 Å². The highest BCUT2D eigenvalue weighted by Crippen LogP contribution is 2.47. The fourth-order valence-corrected chi connectivity index (χ4v) is 7.71. The second-order valence-electron chi connectivity index (χ2n) is 14.2. The van der Waals surface area contributed by atoms with Crippen molar-refractivity contribution < 1.29 is 37.1 Å². The smallest absolute Gasteiger partial charge is 0.407 e. The number of allylic oxidation sites excluding steroid dienone is 1. The molecule has 0 aromatic carbocycles. The maximum absolute atomic E-state index is 14.3. The predicted molar refractivity (Wildman–Crippen MR) is 173 cm³/mol. The normalized spacial score (nSPS) is 29.6. The minimum absolute atomic E-state index is 0.0203. The number of alkyl carbamates (subject to hydrolysis) is 1. The maximum atomic E-state index is 14.3. The van der Waals surface area contributed by atoms with Crippen molar-refractivity contribution >= 4 is 39.9 Å². The average Bonchev–Trinajstić information content (AvgIpc) is 3.93. The number of carbonyl (C=O) groups excluding carboxylic acids is 4. The first-order valence-corrected chi connectivity index (χ1v) is 18.2. The van der Waals surface area contributed by atoms with Crippen LogP contribution >= 0.6 is 0 Å². The number of nitrogens with zero attached hydrogens (tertiary/aromatic N) is 2. The number of ether oxygens (including phenoxy) is 2. The molecule has 4 amide bonds. The number of cyclic esters (lactones) is 1. The lowest BCUT2D eigenvalue weighted by Gasteiger charge is -2.35. The van der Waals surface area contributed by atoms with E-state index in [2.05, 4.69) is 20.3 Å². The van der Waals surface area contributed by atoms with E-state index in [1.54, 1.807) is 12.3 Å². The number of pyridine rings is 1. The van der Waals surface area contributed by atoms with Crippen molar-refractivity contribution in [2.45, 2.75) is 114 Å². The zero-order valence-corrected chi connectivity index (χ0v) is 28.4. The van der Waals surface area contributed by atoms with Crippen LogP contribution in [0.3, 0.4) is 0 Å². The number of carbonyl (C=O) groups is 4. The Morgan fingerprint density at radius 2 is 1.94 bits per heavy atom. The van der Waals surface area contributed by atoms with Crippen molar-refractivity contribution in [3.8, 4) is 5.88 Å². The molecule has 1 aromatic heterocycles. The summed E-state index contributed by atoms with van der Waals surface area (Å²) in [6.45, 7) is 7.52. The van der Waals surface area contributed by atoms with E-state index < -0.39 is 68.2 Å². The fraction of sp³-hybridized carbons (Fsp3) is 0.667. The molecule has 5 rings (SSSR count).